The zero-order valence-corrected chi connectivity index (χ0v) is 12.6. The fourth-order valence-electron chi connectivity index (χ4n) is 2.04. The van der Waals surface area contributed by atoms with Crippen molar-refractivity contribution in [3.8, 4) is 0 Å². The molecule has 2 aromatic carbocycles. The summed E-state index contributed by atoms with van der Waals surface area (Å²) >= 11 is 18.0. The minimum Gasteiger partial charge on any atom is -0.385 e. The third-order valence-corrected chi connectivity index (χ3v) is 4.06. The van der Waals surface area contributed by atoms with Gasteiger partial charge in [-0.2, -0.15) is 0 Å². The second-order valence-electron chi connectivity index (χ2n) is 4.68. The molecule has 0 aromatic heterocycles. The summed E-state index contributed by atoms with van der Waals surface area (Å²) in [6, 6.07) is 12.6. The van der Waals surface area contributed by atoms with Crippen LogP contribution >= 0.6 is 34.8 Å². The standard InChI is InChI=1S/C15H13Cl3O/c1-15(19,11-4-2-3-5-12(11)16)9-10-6-7-13(17)14(18)8-10/h2-8,19H,9H2,1H3. The lowest BCUT2D eigenvalue weighted by Crippen LogP contribution is -2.24. The normalized spacial score (nSPS) is 14.2. The Kier molecular flexibility index (Phi) is 4.42. The molecule has 4 heteroatoms. The molecule has 100 valence electrons. The summed E-state index contributed by atoms with van der Waals surface area (Å²) in [5.41, 5.74) is 0.539. The van der Waals surface area contributed by atoms with Crippen LogP contribution in [0, 0.1) is 0 Å². The highest BCUT2D eigenvalue weighted by molar-refractivity contribution is 6.42. The van der Waals surface area contributed by atoms with Crippen molar-refractivity contribution in [3.63, 3.8) is 0 Å². The molecule has 0 fully saturated rings. The van der Waals surface area contributed by atoms with Gasteiger partial charge in [0.1, 0.15) is 0 Å². The first-order chi connectivity index (χ1) is 8.90. The van der Waals surface area contributed by atoms with E-state index in [4.69, 9.17) is 34.8 Å². The van der Waals surface area contributed by atoms with Gasteiger partial charge in [0.2, 0.25) is 0 Å². The van der Waals surface area contributed by atoms with Crippen molar-refractivity contribution in [2.45, 2.75) is 18.9 Å². The minimum atomic E-state index is -1.06. The maximum absolute atomic E-state index is 10.6. The third kappa shape index (κ3) is 3.43. The van der Waals surface area contributed by atoms with Crippen molar-refractivity contribution in [3.05, 3.63) is 68.7 Å². The molecule has 0 heterocycles. The molecule has 1 atom stereocenters. The summed E-state index contributed by atoms with van der Waals surface area (Å²) in [5.74, 6) is 0. The number of rotatable bonds is 3. The minimum absolute atomic E-state index is 0.410. The molecule has 2 rings (SSSR count). The molecule has 0 amide bonds. The average molecular weight is 316 g/mol. The fraction of sp³-hybridized carbons (Fsp3) is 0.200. The molecule has 0 radical (unpaired) electrons. The fourth-order valence-corrected chi connectivity index (χ4v) is 2.70. The van der Waals surface area contributed by atoms with E-state index in [1.54, 1.807) is 25.1 Å². The lowest BCUT2D eigenvalue weighted by Gasteiger charge is -2.25. The van der Waals surface area contributed by atoms with Crippen LogP contribution in [0.3, 0.4) is 0 Å². The van der Waals surface area contributed by atoms with E-state index < -0.39 is 5.60 Å². The Labute approximate surface area is 127 Å². The molecule has 0 aliphatic carbocycles. The zero-order valence-electron chi connectivity index (χ0n) is 10.3. The second-order valence-corrected chi connectivity index (χ2v) is 5.90. The monoisotopic (exact) mass is 314 g/mol. The van der Waals surface area contributed by atoms with Crippen LogP contribution in [-0.4, -0.2) is 5.11 Å². The van der Waals surface area contributed by atoms with Gasteiger partial charge in [0.15, 0.2) is 0 Å². The number of hydrogen-bond donors (Lipinski definition) is 1. The van der Waals surface area contributed by atoms with Crippen LogP contribution < -0.4 is 0 Å². The summed E-state index contributed by atoms with van der Waals surface area (Å²) in [5, 5.41) is 12.2. The highest BCUT2D eigenvalue weighted by Crippen LogP contribution is 2.32. The van der Waals surface area contributed by atoms with Gasteiger partial charge >= 0.3 is 0 Å². The average Bonchev–Trinajstić information content (AvgIpc) is 2.34. The van der Waals surface area contributed by atoms with Crippen LogP contribution in [-0.2, 0) is 12.0 Å². The van der Waals surface area contributed by atoms with Crippen LogP contribution in [0.5, 0.6) is 0 Å². The van der Waals surface area contributed by atoms with Crippen LogP contribution in [0.4, 0.5) is 0 Å². The largest absolute Gasteiger partial charge is 0.385 e. The Morgan fingerprint density at radius 3 is 2.26 bits per heavy atom. The Bertz CT molecular complexity index is 594. The Hall–Kier alpha value is -0.730. The Balaban J connectivity index is 2.31. The first-order valence-electron chi connectivity index (χ1n) is 5.81. The van der Waals surface area contributed by atoms with E-state index in [0.29, 0.717) is 27.1 Å². The maximum Gasteiger partial charge on any atom is 0.0923 e. The first kappa shape index (κ1) is 14.7. The molecule has 0 aliphatic heterocycles. The molecule has 0 saturated carbocycles. The molecule has 1 nitrogen and oxygen atoms in total. The second kappa shape index (κ2) is 5.72. The molecule has 2 aromatic rings. The number of benzene rings is 2. The number of halogens is 3. The molecule has 0 saturated heterocycles. The van der Waals surface area contributed by atoms with Gasteiger partial charge in [-0.3, -0.25) is 0 Å². The predicted octanol–water partition coefficient (Wildman–Crippen LogP) is 5.10. The lowest BCUT2D eigenvalue weighted by molar-refractivity contribution is 0.0577. The summed E-state index contributed by atoms with van der Waals surface area (Å²) < 4.78 is 0. The van der Waals surface area contributed by atoms with Gasteiger partial charge in [0, 0.05) is 17.0 Å². The summed E-state index contributed by atoms with van der Waals surface area (Å²) in [6.07, 6.45) is 0.410. The van der Waals surface area contributed by atoms with E-state index in [1.165, 1.54) is 0 Å². The van der Waals surface area contributed by atoms with Crippen molar-refractivity contribution in [1.82, 2.24) is 0 Å². The predicted molar refractivity (Wildman–Crippen MR) is 81.2 cm³/mol. The van der Waals surface area contributed by atoms with Crippen molar-refractivity contribution < 1.29 is 5.11 Å². The van der Waals surface area contributed by atoms with Gasteiger partial charge in [-0.25, -0.2) is 0 Å². The van der Waals surface area contributed by atoms with E-state index >= 15 is 0 Å². The Morgan fingerprint density at radius 1 is 0.947 bits per heavy atom. The first-order valence-corrected chi connectivity index (χ1v) is 6.95. The third-order valence-electron chi connectivity index (χ3n) is 2.99. The quantitative estimate of drug-likeness (QED) is 0.835. The Morgan fingerprint density at radius 2 is 1.63 bits per heavy atom. The van der Waals surface area contributed by atoms with Crippen LogP contribution in [0.2, 0.25) is 15.1 Å². The van der Waals surface area contributed by atoms with E-state index in [-0.39, 0.29) is 0 Å². The SMILES string of the molecule is CC(O)(Cc1ccc(Cl)c(Cl)c1)c1ccccc1Cl. The van der Waals surface area contributed by atoms with E-state index in [1.807, 2.05) is 24.3 Å². The molecule has 0 aliphatic rings. The van der Waals surface area contributed by atoms with Gasteiger partial charge in [0.05, 0.1) is 15.6 Å². The summed E-state index contributed by atoms with van der Waals surface area (Å²) in [6.45, 7) is 1.73. The molecule has 1 unspecified atom stereocenters. The molecule has 1 N–H and O–H groups in total. The summed E-state index contributed by atoms with van der Waals surface area (Å²) in [7, 11) is 0. The molecule has 0 bridgehead atoms. The van der Waals surface area contributed by atoms with Gasteiger partial charge in [-0.1, -0.05) is 59.1 Å². The van der Waals surface area contributed by atoms with E-state index in [0.717, 1.165) is 5.56 Å². The van der Waals surface area contributed by atoms with Crippen molar-refractivity contribution in [1.29, 1.82) is 0 Å². The zero-order chi connectivity index (χ0) is 14.0. The van der Waals surface area contributed by atoms with Gasteiger partial charge in [-0.05, 0) is 30.7 Å². The van der Waals surface area contributed by atoms with E-state index in [2.05, 4.69) is 0 Å². The molecular formula is C15H13Cl3O. The number of aliphatic hydroxyl groups is 1. The molecule has 0 spiro atoms. The van der Waals surface area contributed by atoms with Crippen LogP contribution in [0.25, 0.3) is 0 Å². The van der Waals surface area contributed by atoms with E-state index in [9.17, 15) is 5.11 Å². The van der Waals surface area contributed by atoms with Crippen LogP contribution in [0.1, 0.15) is 18.1 Å². The highest BCUT2D eigenvalue weighted by atomic mass is 35.5. The lowest BCUT2D eigenvalue weighted by atomic mass is 9.89. The van der Waals surface area contributed by atoms with Gasteiger partial charge in [-0.15, -0.1) is 0 Å². The smallest absolute Gasteiger partial charge is 0.0923 e. The van der Waals surface area contributed by atoms with Crippen molar-refractivity contribution >= 4 is 34.8 Å². The van der Waals surface area contributed by atoms with Crippen molar-refractivity contribution in [2.75, 3.05) is 0 Å². The molecule has 19 heavy (non-hydrogen) atoms. The van der Waals surface area contributed by atoms with Gasteiger partial charge in [0.25, 0.3) is 0 Å². The highest BCUT2D eigenvalue weighted by Gasteiger charge is 2.26. The van der Waals surface area contributed by atoms with Crippen LogP contribution in [0.15, 0.2) is 42.5 Å². The summed E-state index contributed by atoms with van der Waals surface area (Å²) in [4.78, 5) is 0. The number of hydrogen-bond acceptors (Lipinski definition) is 1. The maximum atomic E-state index is 10.6. The molecular weight excluding hydrogens is 303 g/mol. The van der Waals surface area contributed by atoms with Gasteiger partial charge < -0.3 is 5.11 Å². The van der Waals surface area contributed by atoms with Crippen molar-refractivity contribution in [2.24, 2.45) is 0 Å². The topological polar surface area (TPSA) is 20.2 Å².